The summed E-state index contributed by atoms with van der Waals surface area (Å²) in [5.41, 5.74) is 2.64. The van der Waals surface area contributed by atoms with E-state index < -0.39 is 5.60 Å². The number of aryl methyl sites for hydroxylation is 2. The lowest BCUT2D eigenvalue weighted by atomic mass is 9.89. The van der Waals surface area contributed by atoms with E-state index in [-0.39, 0.29) is 0 Å². The first kappa shape index (κ1) is 13.2. The van der Waals surface area contributed by atoms with Gasteiger partial charge in [0.05, 0.1) is 5.60 Å². The van der Waals surface area contributed by atoms with Gasteiger partial charge in [0.25, 0.3) is 0 Å². The predicted octanol–water partition coefficient (Wildman–Crippen LogP) is 2.94. The molecule has 0 radical (unpaired) electrons. The lowest BCUT2D eigenvalue weighted by Crippen LogP contribution is -2.22. The fraction of sp³-hybridized carbons (Fsp3) is 0.571. The van der Waals surface area contributed by atoms with Crippen LogP contribution in [-0.4, -0.2) is 18.8 Å². The number of benzene rings is 1. The van der Waals surface area contributed by atoms with Gasteiger partial charge in [-0.25, -0.2) is 0 Å². The molecule has 1 aromatic rings. The summed E-state index contributed by atoms with van der Waals surface area (Å²) >= 11 is 0. The molecule has 1 aromatic carbocycles. The highest BCUT2D eigenvalue weighted by molar-refractivity contribution is 5.32. The molecule has 2 nitrogen and oxygen atoms in total. The summed E-state index contributed by atoms with van der Waals surface area (Å²) in [5, 5.41) is 10.4. The lowest BCUT2D eigenvalue weighted by molar-refractivity contribution is 0.0372. The van der Waals surface area contributed by atoms with Gasteiger partial charge in [-0.2, -0.15) is 0 Å². The third-order valence-corrected chi connectivity index (χ3v) is 2.86. The standard InChI is InChI=1S/C14H22O2/c1-11-8-12(2)10-13(9-11)14(3,15)6-5-7-16-4/h8-10,15H,5-7H2,1-4H3. The van der Waals surface area contributed by atoms with Crippen molar-refractivity contribution < 1.29 is 9.84 Å². The third-order valence-electron chi connectivity index (χ3n) is 2.86. The van der Waals surface area contributed by atoms with Gasteiger partial charge in [0, 0.05) is 13.7 Å². The maximum Gasteiger partial charge on any atom is 0.0869 e. The molecular formula is C14H22O2. The summed E-state index contributed by atoms with van der Waals surface area (Å²) in [5.74, 6) is 0. The van der Waals surface area contributed by atoms with Gasteiger partial charge in [-0.05, 0) is 39.2 Å². The highest BCUT2D eigenvalue weighted by Crippen LogP contribution is 2.27. The molecule has 0 aliphatic carbocycles. The van der Waals surface area contributed by atoms with E-state index in [0.29, 0.717) is 6.61 Å². The van der Waals surface area contributed by atoms with Crippen molar-refractivity contribution in [3.8, 4) is 0 Å². The van der Waals surface area contributed by atoms with Crippen LogP contribution in [0.5, 0.6) is 0 Å². The molecule has 0 fully saturated rings. The minimum absolute atomic E-state index is 0.695. The van der Waals surface area contributed by atoms with Crippen molar-refractivity contribution in [1.82, 2.24) is 0 Å². The van der Waals surface area contributed by atoms with Crippen LogP contribution < -0.4 is 0 Å². The topological polar surface area (TPSA) is 29.5 Å². The second-order valence-electron chi connectivity index (χ2n) is 4.75. The summed E-state index contributed by atoms with van der Waals surface area (Å²) in [6, 6.07) is 6.23. The van der Waals surface area contributed by atoms with Crippen molar-refractivity contribution >= 4 is 0 Å². The second kappa shape index (κ2) is 5.46. The van der Waals surface area contributed by atoms with Crippen LogP contribution in [0.3, 0.4) is 0 Å². The zero-order valence-corrected chi connectivity index (χ0v) is 10.7. The van der Waals surface area contributed by atoms with Gasteiger partial charge in [-0.1, -0.05) is 29.3 Å². The molecular weight excluding hydrogens is 200 g/mol. The van der Waals surface area contributed by atoms with Gasteiger partial charge in [-0.3, -0.25) is 0 Å². The first-order valence-electron chi connectivity index (χ1n) is 5.76. The molecule has 1 unspecified atom stereocenters. The van der Waals surface area contributed by atoms with Crippen LogP contribution in [0.15, 0.2) is 18.2 Å². The van der Waals surface area contributed by atoms with Crippen LogP contribution in [0.25, 0.3) is 0 Å². The Bertz CT molecular complexity index is 322. The van der Waals surface area contributed by atoms with Crippen molar-refractivity contribution in [2.75, 3.05) is 13.7 Å². The predicted molar refractivity (Wildman–Crippen MR) is 66.6 cm³/mol. The molecule has 0 saturated carbocycles. The molecule has 0 aliphatic rings. The number of rotatable bonds is 5. The average molecular weight is 222 g/mol. The quantitative estimate of drug-likeness (QED) is 0.776. The Balaban J connectivity index is 2.80. The Labute approximate surface area is 98.3 Å². The fourth-order valence-electron chi connectivity index (χ4n) is 1.99. The smallest absolute Gasteiger partial charge is 0.0869 e. The third kappa shape index (κ3) is 3.62. The summed E-state index contributed by atoms with van der Waals surface area (Å²) in [6.45, 7) is 6.68. The maximum atomic E-state index is 10.4. The SMILES string of the molecule is COCCCC(C)(O)c1cc(C)cc(C)c1. The van der Waals surface area contributed by atoms with Gasteiger partial charge in [0.15, 0.2) is 0 Å². The van der Waals surface area contributed by atoms with Crippen molar-refractivity contribution in [3.63, 3.8) is 0 Å². The lowest BCUT2D eigenvalue weighted by Gasteiger charge is -2.24. The molecule has 0 spiro atoms. The number of methoxy groups -OCH3 is 1. The molecule has 0 saturated heterocycles. The van der Waals surface area contributed by atoms with E-state index in [1.807, 2.05) is 6.92 Å². The van der Waals surface area contributed by atoms with Gasteiger partial charge in [-0.15, -0.1) is 0 Å². The molecule has 16 heavy (non-hydrogen) atoms. The molecule has 1 rings (SSSR count). The van der Waals surface area contributed by atoms with Crippen LogP contribution in [0.4, 0.5) is 0 Å². The second-order valence-corrected chi connectivity index (χ2v) is 4.75. The summed E-state index contributed by atoms with van der Waals surface area (Å²) in [6.07, 6.45) is 1.60. The Morgan fingerprint density at radius 3 is 2.25 bits per heavy atom. The monoisotopic (exact) mass is 222 g/mol. The van der Waals surface area contributed by atoms with Crippen LogP contribution >= 0.6 is 0 Å². The van der Waals surface area contributed by atoms with Crippen molar-refractivity contribution in [1.29, 1.82) is 0 Å². The Kier molecular flexibility index (Phi) is 4.51. The molecule has 90 valence electrons. The van der Waals surface area contributed by atoms with Crippen molar-refractivity contribution in [3.05, 3.63) is 34.9 Å². The van der Waals surface area contributed by atoms with Crippen molar-refractivity contribution in [2.45, 2.75) is 39.2 Å². The zero-order chi connectivity index (χ0) is 12.2. The Morgan fingerprint density at radius 1 is 1.19 bits per heavy atom. The van der Waals surface area contributed by atoms with Gasteiger partial charge in [0.1, 0.15) is 0 Å². The maximum absolute atomic E-state index is 10.4. The number of ether oxygens (including phenoxy) is 1. The normalized spacial score (nSPS) is 14.8. The average Bonchev–Trinajstić information content (AvgIpc) is 2.16. The van der Waals surface area contributed by atoms with E-state index in [1.54, 1.807) is 7.11 Å². The van der Waals surface area contributed by atoms with E-state index in [1.165, 1.54) is 11.1 Å². The van der Waals surface area contributed by atoms with Gasteiger partial charge >= 0.3 is 0 Å². The molecule has 0 aliphatic heterocycles. The van der Waals surface area contributed by atoms with Crippen LogP contribution in [0.2, 0.25) is 0 Å². The molecule has 0 heterocycles. The van der Waals surface area contributed by atoms with Gasteiger partial charge < -0.3 is 9.84 Å². The molecule has 0 amide bonds. The van der Waals surface area contributed by atoms with Crippen LogP contribution in [-0.2, 0) is 10.3 Å². The summed E-state index contributed by atoms with van der Waals surface area (Å²) in [4.78, 5) is 0. The van der Waals surface area contributed by atoms with Crippen molar-refractivity contribution in [2.24, 2.45) is 0 Å². The Morgan fingerprint density at radius 2 is 1.75 bits per heavy atom. The molecule has 2 heteroatoms. The first-order chi connectivity index (χ1) is 7.45. The van der Waals surface area contributed by atoms with E-state index >= 15 is 0 Å². The minimum atomic E-state index is -0.755. The summed E-state index contributed by atoms with van der Waals surface area (Å²) < 4.78 is 5.01. The Hall–Kier alpha value is -0.860. The minimum Gasteiger partial charge on any atom is -0.385 e. The molecule has 1 atom stereocenters. The highest BCUT2D eigenvalue weighted by Gasteiger charge is 2.22. The van der Waals surface area contributed by atoms with E-state index in [0.717, 1.165) is 18.4 Å². The first-order valence-corrected chi connectivity index (χ1v) is 5.76. The summed E-state index contributed by atoms with van der Waals surface area (Å²) in [7, 11) is 1.69. The highest BCUT2D eigenvalue weighted by atomic mass is 16.5. The zero-order valence-electron chi connectivity index (χ0n) is 10.7. The van der Waals surface area contributed by atoms with E-state index in [9.17, 15) is 5.11 Å². The number of aliphatic hydroxyl groups is 1. The van der Waals surface area contributed by atoms with E-state index in [2.05, 4.69) is 32.0 Å². The number of hydrogen-bond donors (Lipinski definition) is 1. The molecule has 0 aromatic heterocycles. The van der Waals surface area contributed by atoms with E-state index in [4.69, 9.17) is 4.74 Å². The van der Waals surface area contributed by atoms with Crippen LogP contribution in [0, 0.1) is 13.8 Å². The largest absolute Gasteiger partial charge is 0.385 e. The molecule has 0 bridgehead atoms. The number of hydrogen-bond acceptors (Lipinski definition) is 2. The van der Waals surface area contributed by atoms with Gasteiger partial charge in [0.2, 0.25) is 0 Å². The fourth-order valence-corrected chi connectivity index (χ4v) is 1.99. The molecule has 1 N–H and O–H groups in total. The van der Waals surface area contributed by atoms with Crippen LogP contribution in [0.1, 0.15) is 36.5 Å².